The number of hydrogen-bond donors (Lipinski definition) is 1. The topological polar surface area (TPSA) is 63.0 Å². The molecule has 0 atom stereocenters. The summed E-state index contributed by atoms with van der Waals surface area (Å²) in [5.41, 5.74) is -3.21. The molecule has 1 N–H and O–H groups in total. The first kappa shape index (κ1) is 14.2. The lowest BCUT2D eigenvalue weighted by Gasteiger charge is -2.10. The third-order valence-electron chi connectivity index (χ3n) is 3.14. The summed E-state index contributed by atoms with van der Waals surface area (Å²) >= 11 is 0. The van der Waals surface area contributed by atoms with E-state index in [1.54, 1.807) is 0 Å². The molecular weight excluding hydrogens is 311 g/mol. The van der Waals surface area contributed by atoms with Gasteiger partial charge in [-0.1, -0.05) is 0 Å². The SMILES string of the molecule is Cc1c(-c2c(F)c(F)c(F)c(F)c2F)c(=O)[nH]c2ncnn12. The second-order valence-corrected chi connectivity index (χ2v) is 4.35. The van der Waals surface area contributed by atoms with Crippen LogP contribution in [0, 0.1) is 36.0 Å². The van der Waals surface area contributed by atoms with Gasteiger partial charge in [0, 0.05) is 0 Å². The van der Waals surface area contributed by atoms with Crippen molar-refractivity contribution in [2.24, 2.45) is 0 Å². The van der Waals surface area contributed by atoms with Crippen LogP contribution in [-0.2, 0) is 0 Å². The Hall–Kier alpha value is -2.78. The van der Waals surface area contributed by atoms with Crippen LogP contribution in [-0.4, -0.2) is 19.6 Å². The zero-order valence-electron chi connectivity index (χ0n) is 10.7. The van der Waals surface area contributed by atoms with E-state index in [-0.39, 0.29) is 11.5 Å². The highest BCUT2D eigenvalue weighted by molar-refractivity contribution is 5.67. The average molecular weight is 316 g/mol. The molecule has 22 heavy (non-hydrogen) atoms. The van der Waals surface area contributed by atoms with E-state index < -0.39 is 45.8 Å². The number of nitrogens with one attached hydrogen (secondary N) is 1. The standard InChI is InChI=1S/C12H5F5N4O/c1-3-4(11(22)20-12-18-2-19-21(3)12)5-6(13)8(15)10(17)9(16)7(5)14/h2H,1H3,(H,18,19,20,22). The van der Waals surface area contributed by atoms with Gasteiger partial charge in [-0.15, -0.1) is 0 Å². The van der Waals surface area contributed by atoms with Crippen molar-refractivity contribution in [1.82, 2.24) is 19.6 Å². The van der Waals surface area contributed by atoms with Crippen molar-refractivity contribution >= 4 is 5.78 Å². The van der Waals surface area contributed by atoms with E-state index in [0.29, 0.717) is 0 Å². The Morgan fingerprint density at radius 2 is 1.50 bits per heavy atom. The van der Waals surface area contributed by atoms with Gasteiger partial charge in [0.2, 0.25) is 11.6 Å². The fourth-order valence-corrected chi connectivity index (χ4v) is 2.13. The molecule has 2 heterocycles. The van der Waals surface area contributed by atoms with Crippen LogP contribution in [0.2, 0.25) is 0 Å². The van der Waals surface area contributed by atoms with Crippen molar-refractivity contribution in [3.63, 3.8) is 0 Å². The number of H-pyrrole nitrogens is 1. The number of halogens is 5. The first-order valence-electron chi connectivity index (χ1n) is 5.79. The predicted octanol–water partition coefficient (Wildman–Crippen LogP) is 2.09. The molecule has 10 heteroatoms. The van der Waals surface area contributed by atoms with E-state index in [9.17, 15) is 26.7 Å². The minimum atomic E-state index is -2.30. The van der Waals surface area contributed by atoms with E-state index in [2.05, 4.69) is 15.1 Å². The van der Waals surface area contributed by atoms with Crippen molar-refractivity contribution in [2.45, 2.75) is 6.92 Å². The van der Waals surface area contributed by atoms with Crippen molar-refractivity contribution in [2.75, 3.05) is 0 Å². The minimum Gasteiger partial charge on any atom is -0.290 e. The van der Waals surface area contributed by atoms with Crippen LogP contribution in [0.25, 0.3) is 16.9 Å². The molecule has 0 aliphatic rings. The van der Waals surface area contributed by atoms with Gasteiger partial charge in [-0.2, -0.15) is 10.1 Å². The maximum Gasteiger partial charge on any atom is 0.260 e. The summed E-state index contributed by atoms with van der Waals surface area (Å²) in [5, 5.41) is 3.70. The van der Waals surface area contributed by atoms with E-state index in [0.717, 1.165) is 10.8 Å². The lowest BCUT2D eigenvalue weighted by molar-refractivity contribution is 0.381. The van der Waals surface area contributed by atoms with E-state index >= 15 is 0 Å². The molecule has 5 nitrogen and oxygen atoms in total. The number of aromatic nitrogens is 4. The third-order valence-corrected chi connectivity index (χ3v) is 3.14. The Morgan fingerprint density at radius 1 is 0.955 bits per heavy atom. The monoisotopic (exact) mass is 316 g/mol. The van der Waals surface area contributed by atoms with E-state index in [1.807, 2.05) is 0 Å². The maximum absolute atomic E-state index is 13.9. The molecule has 0 aliphatic heterocycles. The van der Waals surface area contributed by atoms with Gasteiger partial charge in [0.05, 0.1) is 16.8 Å². The summed E-state index contributed by atoms with van der Waals surface area (Å²) < 4.78 is 68.4. The van der Waals surface area contributed by atoms with Gasteiger partial charge in [0.15, 0.2) is 23.3 Å². The molecule has 3 aromatic rings. The molecule has 2 aromatic heterocycles. The number of hydrogen-bond acceptors (Lipinski definition) is 3. The lowest BCUT2D eigenvalue weighted by atomic mass is 10.0. The molecule has 3 rings (SSSR count). The van der Waals surface area contributed by atoms with Crippen LogP contribution in [0.4, 0.5) is 22.0 Å². The van der Waals surface area contributed by atoms with Gasteiger partial charge >= 0.3 is 0 Å². The van der Waals surface area contributed by atoms with Crippen LogP contribution in [0.1, 0.15) is 5.69 Å². The number of nitrogens with zero attached hydrogens (tertiary/aromatic N) is 3. The second-order valence-electron chi connectivity index (χ2n) is 4.35. The zero-order chi connectivity index (χ0) is 16.2. The normalized spacial score (nSPS) is 11.4. The number of aromatic amines is 1. The van der Waals surface area contributed by atoms with Crippen LogP contribution >= 0.6 is 0 Å². The zero-order valence-corrected chi connectivity index (χ0v) is 10.7. The molecular formula is C12H5F5N4O. The summed E-state index contributed by atoms with van der Waals surface area (Å²) in [6.45, 7) is 1.24. The fraction of sp³-hybridized carbons (Fsp3) is 0.0833. The number of fused-ring (bicyclic) bond motifs is 1. The highest BCUT2D eigenvalue weighted by Gasteiger charge is 2.29. The van der Waals surface area contributed by atoms with Crippen LogP contribution in [0.3, 0.4) is 0 Å². The van der Waals surface area contributed by atoms with Gasteiger partial charge < -0.3 is 0 Å². The molecule has 0 radical (unpaired) electrons. The predicted molar refractivity (Wildman–Crippen MR) is 63.6 cm³/mol. The number of aryl methyl sites for hydroxylation is 1. The Labute approximate surface area is 118 Å². The summed E-state index contributed by atoms with van der Waals surface area (Å²) in [6.07, 6.45) is 1.06. The van der Waals surface area contributed by atoms with Crippen molar-refractivity contribution < 1.29 is 22.0 Å². The van der Waals surface area contributed by atoms with Gasteiger partial charge in [0.25, 0.3) is 5.56 Å². The average Bonchev–Trinajstić information content (AvgIpc) is 2.95. The summed E-state index contributed by atoms with van der Waals surface area (Å²) in [4.78, 5) is 17.8. The van der Waals surface area contributed by atoms with E-state index in [4.69, 9.17) is 0 Å². The summed E-state index contributed by atoms with van der Waals surface area (Å²) in [7, 11) is 0. The Kier molecular flexibility index (Phi) is 2.97. The lowest BCUT2D eigenvalue weighted by Crippen LogP contribution is -2.18. The molecule has 0 unspecified atom stereocenters. The largest absolute Gasteiger partial charge is 0.290 e. The minimum absolute atomic E-state index is 0.0323. The fourth-order valence-electron chi connectivity index (χ4n) is 2.13. The van der Waals surface area contributed by atoms with E-state index in [1.165, 1.54) is 6.92 Å². The molecule has 0 bridgehead atoms. The molecule has 0 saturated carbocycles. The highest BCUT2D eigenvalue weighted by atomic mass is 19.2. The van der Waals surface area contributed by atoms with Crippen LogP contribution in [0.5, 0.6) is 0 Å². The maximum atomic E-state index is 13.9. The first-order chi connectivity index (χ1) is 10.3. The Morgan fingerprint density at radius 3 is 2.09 bits per heavy atom. The molecule has 114 valence electrons. The first-order valence-corrected chi connectivity index (χ1v) is 5.79. The molecule has 0 spiro atoms. The Balaban J connectivity index is 2.50. The number of rotatable bonds is 1. The third kappa shape index (κ3) is 1.73. The van der Waals surface area contributed by atoms with Gasteiger partial charge in [-0.3, -0.25) is 9.78 Å². The van der Waals surface area contributed by atoms with Gasteiger partial charge in [-0.25, -0.2) is 26.5 Å². The Bertz CT molecular complexity index is 949. The molecule has 1 aromatic carbocycles. The molecule has 0 fully saturated rings. The van der Waals surface area contributed by atoms with Gasteiger partial charge in [0.1, 0.15) is 6.33 Å². The molecule has 0 amide bonds. The highest BCUT2D eigenvalue weighted by Crippen LogP contribution is 2.31. The van der Waals surface area contributed by atoms with Crippen LogP contribution in [0.15, 0.2) is 11.1 Å². The van der Waals surface area contributed by atoms with Crippen molar-refractivity contribution in [1.29, 1.82) is 0 Å². The van der Waals surface area contributed by atoms with Crippen LogP contribution < -0.4 is 5.56 Å². The smallest absolute Gasteiger partial charge is 0.260 e. The molecule has 0 saturated heterocycles. The van der Waals surface area contributed by atoms with Gasteiger partial charge in [-0.05, 0) is 6.92 Å². The number of benzene rings is 1. The van der Waals surface area contributed by atoms with Crippen molar-refractivity contribution in [3.8, 4) is 11.1 Å². The molecule has 0 aliphatic carbocycles. The van der Waals surface area contributed by atoms with Crippen molar-refractivity contribution in [3.05, 3.63) is 51.5 Å². The summed E-state index contributed by atoms with van der Waals surface area (Å²) in [5.74, 6) is -10.8. The summed E-state index contributed by atoms with van der Waals surface area (Å²) in [6, 6.07) is 0. The quantitative estimate of drug-likeness (QED) is 0.425. The second kappa shape index (κ2) is 4.61.